The SMILES string of the molecule is CCCCN1CCCCCC1CBr. The lowest BCUT2D eigenvalue weighted by Crippen LogP contribution is -2.36. The van der Waals surface area contributed by atoms with Crippen LogP contribution in [0.2, 0.25) is 0 Å². The number of unbranched alkanes of at least 4 members (excludes halogenated alkanes) is 1. The molecular formula is C11H22BrN. The first-order chi connectivity index (χ1) is 6.38. The molecule has 0 N–H and O–H groups in total. The van der Waals surface area contributed by atoms with Gasteiger partial charge >= 0.3 is 0 Å². The van der Waals surface area contributed by atoms with Crippen LogP contribution in [-0.4, -0.2) is 29.4 Å². The molecule has 0 aliphatic carbocycles. The summed E-state index contributed by atoms with van der Waals surface area (Å²) in [5.74, 6) is 0. The van der Waals surface area contributed by atoms with Gasteiger partial charge in [-0.05, 0) is 32.4 Å². The highest BCUT2D eigenvalue weighted by atomic mass is 79.9. The molecule has 0 radical (unpaired) electrons. The summed E-state index contributed by atoms with van der Waals surface area (Å²) in [6.45, 7) is 4.92. The molecule has 1 fully saturated rings. The van der Waals surface area contributed by atoms with Crippen LogP contribution < -0.4 is 0 Å². The van der Waals surface area contributed by atoms with Crippen molar-refractivity contribution in [3.63, 3.8) is 0 Å². The molecule has 0 saturated carbocycles. The van der Waals surface area contributed by atoms with Gasteiger partial charge in [0.1, 0.15) is 0 Å². The predicted octanol–water partition coefficient (Wildman–Crippen LogP) is 3.43. The zero-order valence-corrected chi connectivity index (χ0v) is 10.4. The predicted molar refractivity (Wildman–Crippen MR) is 62.5 cm³/mol. The third-order valence-corrected chi connectivity index (χ3v) is 3.72. The van der Waals surface area contributed by atoms with Crippen LogP contribution in [0, 0.1) is 0 Å². The van der Waals surface area contributed by atoms with Gasteiger partial charge in [-0.1, -0.05) is 42.1 Å². The van der Waals surface area contributed by atoms with Gasteiger partial charge in [0, 0.05) is 11.4 Å². The molecule has 0 aromatic carbocycles. The maximum Gasteiger partial charge on any atom is 0.0192 e. The van der Waals surface area contributed by atoms with Crippen LogP contribution in [-0.2, 0) is 0 Å². The number of rotatable bonds is 4. The lowest BCUT2D eigenvalue weighted by molar-refractivity contribution is 0.215. The summed E-state index contributed by atoms with van der Waals surface area (Å²) >= 11 is 3.64. The van der Waals surface area contributed by atoms with Crippen molar-refractivity contribution in [2.45, 2.75) is 51.5 Å². The lowest BCUT2D eigenvalue weighted by Gasteiger charge is -2.28. The molecule has 0 aromatic rings. The average Bonchev–Trinajstić information content (AvgIpc) is 2.39. The van der Waals surface area contributed by atoms with Gasteiger partial charge in [0.25, 0.3) is 0 Å². The molecule has 1 aliphatic rings. The fourth-order valence-electron chi connectivity index (χ4n) is 2.07. The largest absolute Gasteiger partial charge is 0.300 e. The monoisotopic (exact) mass is 247 g/mol. The molecule has 78 valence electrons. The Bertz CT molecular complexity index is 127. The summed E-state index contributed by atoms with van der Waals surface area (Å²) < 4.78 is 0. The zero-order chi connectivity index (χ0) is 9.52. The molecule has 1 rings (SSSR count). The van der Waals surface area contributed by atoms with Crippen molar-refractivity contribution in [3.05, 3.63) is 0 Å². The number of likely N-dealkylation sites (tertiary alicyclic amines) is 1. The maximum absolute atomic E-state index is 3.64. The zero-order valence-electron chi connectivity index (χ0n) is 8.77. The van der Waals surface area contributed by atoms with E-state index >= 15 is 0 Å². The van der Waals surface area contributed by atoms with Crippen LogP contribution in [0.15, 0.2) is 0 Å². The van der Waals surface area contributed by atoms with Gasteiger partial charge in [-0.25, -0.2) is 0 Å². The molecule has 1 unspecified atom stereocenters. The van der Waals surface area contributed by atoms with E-state index in [1.807, 2.05) is 0 Å². The van der Waals surface area contributed by atoms with Crippen LogP contribution in [0.3, 0.4) is 0 Å². The van der Waals surface area contributed by atoms with Gasteiger partial charge in [0.2, 0.25) is 0 Å². The Morgan fingerprint density at radius 2 is 2.15 bits per heavy atom. The Labute approximate surface area is 91.0 Å². The van der Waals surface area contributed by atoms with Gasteiger partial charge in [-0.15, -0.1) is 0 Å². The van der Waals surface area contributed by atoms with Crippen molar-refractivity contribution in [2.24, 2.45) is 0 Å². The van der Waals surface area contributed by atoms with Crippen LogP contribution in [0.5, 0.6) is 0 Å². The van der Waals surface area contributed by atoms with Crippen LogP contribution in [0.4, 0.5) is 0 Å². The second kappa shape index (κ2) is 6.83. The summed E-state index contributed by atoms with van der Waals surface area (Å²) in [5, 5.41) is 1.16. The number of hydrogen-bond acceptors (Lipinski definition) is 1. The van der Waals surface area contributed by atoms with E-state index in [9.17, 15) is 0 Å². The van der Waals surface area contributed by atoms with Crippen molar-refractivity contribution in [2.75, 3.05) is 18.4 Å². The van der Waals surface area contributed by atoms with Crippen molar-refractivity contribution in [3.8, 4) is 0 Å². The topological polar surface area (TPSA) is 3.24 Å². The molecule has 0 spiro atoms. The summed E-state index contributed by atoms with van der Waals surface area (Å²) in [6, 6.07) is 0.814. The summed E-state index contributed by atoms with van der Waals surface area (Å²) in [5.41, 5.74) is 0. The molecular weight excluding hydrogens is 226 g/mol. The minimum Gasteiger partial charge on any atom is -0.300 e. The van der Waals surface area contributed by atoms with Gasteiger partial charge in [-0.2, -0.15) is 0 Å². The molecule has 1 saturated heterocycles. The highest BCUT2D eigenvalue weighted by molar-refractivity contribution is 9.09. The van der Waals surface area contributed by atoms with E-state index < -0.39 is 0 Å². The highest BCUT2D eigenvalue weighted by Crippen LogP contribution is 2.18. The standard InChI is InChI=1S/C11H22BrN/c1-2-3-8-13-9-6-4-5-7-11(13)10-12/h11H,2-10H2,1H3. The average molecular weight is 248 g/mol. The van der Waals surface area contributed by atoms with Crippen molar-refractivity contribution >= 4 is 15.9 Å². The molecule has 1 aliphatic heterocycles. The summed E-state index contributed by atoms with van der Waals surface area (Å²) in [6.07, 6.45) is 8.36. The van der Waals surface area contributed by atoms with E-state index in [1.165, 1.54) is 51.6 Å². The molecule has 1 atom stereocenters. The van der Waals surface area contributed by atoms with Crippen LogP contribution in [0.25, 0.3) is 0 Å². The van der Waals surface area contributed by atoms with Crippen molar-refractivity contribution in [1.29, 1.82) is 0 Å². The first kappa shape index (κ1) is 11.5. The van der Waals surface area contributed by atoms with E-state index in [0.29, 0.717) is 0 Å². The normalized spacial score (nSPS) is 25.8. The van der Waals surface area contributed by atoms with Gasteiger partial charge in [0.05, 0.1) is 0 Å². The molecule has 0 amide bonds. The lowest BCUT2D eigenvalue weighted by atomic mass is 10.1. The Hall–Kier alpha value is 0.440. The summed E-state index contributed by atoms with van der Waals surface area (Å²) in [4.78, 5) is 2.69. The molecule has 13 heavy (non-hydrogen) atoms. The fourth-order valence-corrected chi connectivity index (χ4v) is 2.80. The Kier molecular flexibility index (Phi) is 6.05. The smallest absolute Gasteiger partial charge is 0.0192 e. The van der Waals surface area contributed by atoms with E-state index in [-0.39, 0.29) is 0 Å². The minimum absolute atomic E-state index is 0.814. The molecule has 0 aromatic heterocycles. The Balaban J connectivity index is 2.34. The third-order valence-electron chi connectivity index (χ3n) is 2.98. The Morgan fingerprint density at radius 1 is 1.31 bits per heavy atom. The van der Waals surface area contributed by atoms with Crippen molar-refractivity contribution < 1.29 is 0 Å². The molecule has 0 bridgehead atoms. The first-order valence-electron chi connectivity index (χ1n) is 5.68. The van der Waals surface area contributed by atoms with Crippen molar-refractivity contribution in [1.82, 2.24) is 4.90 Å². The maximum atomic E-state index is 3.64. The van der Waals surface area contributed by atoms with E-state index in [1.54, 1.807) is 0 Å². The molecule has 2 heteroatoms. The number of nitrogens with zero attached hydrogens (tertiary/aromatic N) is 1. The second-order valence-electron chi connectivity index (χ2n) is 4.05. The van der Waals surface area contributed by atoms with Crippen LogP contribution >= 0.6 is 15.9 Å². The Morgan fingerprint density at radius 3 is 2.85 bits per heavy atom. The number of alkyl halides is 1. The van der Waals surface area contributed by atoms with Crippen LogP contribution in [0.1, 0.15) is 45.4 Å². The number of hydrogen-bond donors (Lipinski definition) is 0. The van der Waals surface area contributed by atoms with E-state index in [0.717, 1.165) is 11.4 Å². The number of halogens is 1. The fraction of sp³-hybridized carbons (Fsp3) is 1.00. The van der Waals surface area contributed by atoms with Gasteiger partial charge in [0.15, 0.2) is 0 Å². The van der Waals surface area contributed by atoms with E-state index in [4.69, 9.17) is 0 Å². The highest BCUT2D eigenvalue weighted by Gasteiger charge is 2.18. The third kappa shape index (κ3) is 3.99. The van der Waals surface area contributed by atoms with Gasteiger partial charge in [-0.3, -0.25) is 4.90 Å². The van der Waals surface area contributed by atoms with Gasteiger partial charge < -0.3 is 0 Å². The molecule has 1 nitrogen and oxygen atoms in total. The minimum atomic E-state index is 0.814. The quantitative estimate of drug-likeness (QED) is 0.689. The van der Waals surface area contributed by atoms with E-state index in [2.05, 4.69) is 27.8 Å². The molecule has 1 heterocycles. The second-order valence-corrected chi connectivity index (χ2v) is 4.69. The first-order valence-corrected chi connectivity index (χ1v) is 6.80. The summed E-state index contributed by atoms with van der Waals surface area (Å²) in [7, 11) is 0.